The van der Waals surface area contributed by atoms with Crippen LogP contribution in [0.15, 0.2) is 0 Å². The molecule has 7 nitrogen and oxygen atoms in total. The minimum Gasteiger partial charge on any atom is -0.480 e. The molecule has 0 aromatic rings. The van der Waals surface area contributed by atoms with Gasteiger partial charge in [-0.25, -0.2) is 4.79 Å². The van der Waals surface area contributed by atoms with Crippen molar-refractivity contribution < 1.29 is 24.5 Å². The van der Waals surface area contributed by atoms with Gasteiger partial charge in [-0.05, 0) is 25.9 Å². The van der Waals surface area contributed by atoms with Crippen LogP contribution < -0.4 is 5.32 Å². The number of rotatable bonds is 4. The third kappa shape index (κ3) is 2.79. The molecule has 2 atom stereocenters. The number of aliphatic hydroxyl groups is 1. The van der Waals surface area contributed by atoms with Crippen molar-refractivity contribution in [3.63, 3.8) is 0 Å². The minimum atomic E-state index is -1.06. The third-order valence-electron chi connectivity index (χ3n) is 4.26. The normalized spacial score (nSPS) is 29.4. The van der Waals surface area contributed by atoms with Crippen LogP contribution in [-0.2, 0) is 14.3 Å². The zero-order valence-electron chi connectivity index (χ0n) is 11.7. The molecule has 2 aliphatic heterocycles. The molecule has 2 aliphatic rings. The summed E-state index contributed by atoms with van der Waals surface area (Å²) >= 11 is 0. The van der Waals surface area contributed by atoms with Crippen molar-refractivity contribution >= 4 is 11.9 Å². The van der Waals surface area contributed by atoms with Gasteiger partial charge in [0.05, 0.1) is 18.1 Å². The monoisotopic (exact) mass is 286 g/mol. The SMILES string of the molecule is COCC1(C(=O)N2C[C@@H](O)C[C@H]2C(=O)O)CCNCC1. The van der Waals surface area contributed by atoms with Gasteiger partial charge in [0, 0.05) is 20.1 Å². The largest absolute Gasteiger partial charge is 0.480 e. The summed E-state index contributed by atoms with van der Waals surface area (Å²) in [6.45, 7) is 1.80. The number of piperidine rings is 1. The maximum atomic E-state index is 12.8. The Balaban J connectivity index is 2.20. The fourth-order valence-corrected chi connectivity index (χ4v) is 3.18. The van der Waals surface area contributed by atoms with Crippen LogP contribution in [0.5, 0.6) is 0 Å². The second-order valence-electron chi connectivity index (χ2n) is 5.66. The molecule has 7 heteroatoms. The number of carboxylic acids is 1. The standard InChI is InChI=1S/C13H22N2O5/c1-20-8-13(2-4-14-5-3-13)12(19)15-7-9(16)6-10(15)11(17)18/h9-10,14,16H,2-8H2,1H3,(H,17,18)/t9-,10-/m0/s1. The zero-order valence-corrected chi connectivity index (χ0v) is 11.7. The first-order chi connectivity index (χ1) is 9.50. The maximum absolute atomic E-state index is 12.8. The summed E-state index contributed by atoms with van der Waals surface area (Å²) in [5, 5.41) is 22.1. The number of β-amino-alcohol motifs (C(OH)–C–C–N with tert-alkyl or cyclic N) is 1. The molecule has 0 aromatic carbocycles. The molecule has 0 radical (unpaired) electrons. The summed E-state index contributed by atoms with van der Waals surface area (Å²) in [5.41, 5.74) is -0.669. The summed E-state index contributed by atoms with van der Waals surface area (Å²) in [6.07, 6.45) is 0.584. The van der Waals surface area contributed by atoms with Gasteiger partial charge in [-0.1, -0.05) is 0 Å². The minimum absolute atomic E-state index is 0.0920. The van der Waals surface area contributed by atoms with Crippen molar-refractivity contribution in [1.82, 2.24) is 10.2 Å². The van der Waals surface area contributed by atoms with Gasteiger partial charge in [0.25, 0.3) is 0 Å². The van der Waals surface area contributed by atoms with E-state index < -0.39 is 23.5 Å². The molecule has 0 spiro atoms. The van der Waals surface area contributed by atoms with E-state index in [1.807, 2.05) is 0 Å². The fourth-order valence-electron chi connectivity index (χ4n) is 3.18. The molecular formula is C13H22N2O5. The van der Waals surface area contributed by atoms with E-state index in [0.717, 1.165) is 0 Å². The van der Waals surface area contributed by atoms with Crippen LogP contribution >= 0.6 is 0 Å². The van der Waals surface area contributed by atoms with Crippen molar-refractivity contribution in [2.75, 3.05) is 33.4 Å². The zero-order chi connectivity index (χ0) is 14.8. The number of amides is 1. The first-order valence-corrected chi connectivity index (χ1v) is 6.92. The molecule has 2 saturated heterocycles. The van der Waals surface area contributed by atoms with Gasteiger partial charge in [-0.3, -0.25) is 4.79 Å². The predicted octanol–water partition coefficient (Wildman–Crippen LogP) is -0.951. The summed E-state index contributed by atoms with van der Waals surface area (Å²) in [6, 6.07) is -0.930. The van der Waals surface area contributed by atoms with Gasteiger partial charge in [0.1, 0.15) is 6.04 Å². The summed E-state index contributed by atoms with van der Waals surface area (Å²) in [4.78, 5) is 25.4. The Morgan fingerprint density at radius 1 is 1.40 bits per heavy atom. The molecule has 3 N–H and O–H groups in total. The summed E-state index contributed by atoms with van der Waals surface area (Å²) in [5.74, 6) is -1.26. The third-order valence-corrected chi connectivity index (χ3v) is 4.26. The average Bonchev–Trinajstić information content (AvgIpc) is 2.81. The molecule has 0 bridgehead atoms. The van der Waals surface area contributed by atoms with Crippen molar-refractivity contribution in [3.05, 3.63) is 0 Å². The Morgan fingerprint density at radius 2 is 2.05 bits per heavy atom. The number of nitrogens with zero attached hydrogens (tertiary/aromatic N) is 1. The number of ether oxygens (including phenoxy) is 1. The molecule has 1 amide bonds. The molecule has 2 fully saturated rings. The number of likely N-dealkylation sites (tertiary alicyclic amines) is 1. The van der Waals surface area contributed by atoms with E-state index in [-0.39, 0.29) is 25.5 Å². The number of carboxylic acid groups (broad SMARTS) is 1. The first kappa shape index (κ1) is 15.2. The number of hydrogen-bond acceptors (Lipinski definition) is 5. The lowest BCUT2D eigenvalue weighted by Gasteiger charge is -2.39. The van der Waals surface area contributed by atoms with E-state index in [2.05, 4.69) is 5.32 Å². The summed E-state index contributed by atoms with van der Waals surface area (Å²) in [7, 11) is 1.55. The van der Waals surface area contributed by atoms with Gasteiger partial charge < -0.3 is 25.2 Å². The van der Waals surface area contributed by atoms with E-state index in [1.54, 1.807) is 7.11 Å². The Bertz CT molecular complexity index is 375. The molecule has 2 rings (SSSR count). The summed E-state index contributed by atoms with van der Waals surface area (Å²) < 4.78 is 5.20. The first-order valence-electron chi connectivity index (χ1n) is 6.92. The van der Waals surface area contributed by atoms with Gasteiger partial charge in [-0.15, -0.1) is 0 Å². The van der Waals surface area contributed by atoms with Crippen LogP contribution in [0.3, 0.4) is 0 Å². The molecule has 0 unspecified atom stereocenters. The number of carbonyl (C=O) groups is 2. The molecule has 0 aromatic heterocycles. The highest BCUT2D eigenvalue weighted by atomic mass is 16.5. The van der Waals surface area contributed by atoms with E-state index in [4.69, 9.17) is 4.74 Å². The lowest BCUT2D eigenvalue weighted by atomic mass is 9.78. The van der Waals surface area contributed by atoms with E-state index in [1.165, 1.54) is 4.90 Å². The lowest BCUT2D eigenvalue weighted by Crippen LogP contribution is -2.54. The number of aliphatic hydroxyl groups excluding tert-OH is 1. The highest BCUT2D eigenvalue weighted by Crippen LogP contribution is 2.34. The van der Waals surface area contributed by atoms with Crippen molar-refractivity contribution in [1.29, 1.82) is 0 Å². The topological polar surface area (TPSA) is 99.1 Å². The second-order valence-corrected chi connectivity index (χ2v) is 5.66. The van der Waals surface area contributed by atoms with Crippen LogP contribution in [0.25, 0.3) is 0 Å². The number of hydrogen-bond donors (Lipinski definition) is 3. The van der Waals surface area contributed by atoms with Crippen LogP contribution in [0.1, 0.15) is 19.3 Å². The Morgan fingerprint density at radius 3 is 2.60 bits per heavy atom. The molecule has 20 heavy (non-hydrogen) atoms. The van der Waals surface area contributed by atoms with Gasteiger partial charge in [0.2, 0.25) is 5.91 Å². The smallest absolute Gasteiger partial charge is 0.326 e. The van der Waals surface area contributed by atoms with Crippen LogP contribution in [0.4, 0.5) is 0 Å². The molecule has 0 aliphatic carbocycles. The highest BCUT2D eigenvalue weighted by molar-refractivity contribution is 5.88. The van der Waals surface area contributed by atoms with Crippen LogP contribution in [0, 0.1) is 5.41 Å². The number of carbonyl (C=O) groups excluding carboxylic acids is 1. The van der Waals surface area contributed by atoms with Crippen molar-refractivity contribution in [2.24, 2.45) is 5.41 Å². The van der Waals surface area contributed by atoms with Gasteiger partial charge in [0.15, 0.2) is 0 Å². The molecule has 114 valence electrons. The van der Waals surface area contributed by atoms with Crippen LogP contribution in [0.2, 0.25) is 0 Å². The van der Waals surface area contributed by atoms with Gasteiger partial charge >= 0.3 is 5.97 Å². The van der Waals surface area contributed by atoms with Crippen LogP contribution in [-0.4, -0.2) is 72.5 Å². The Kier molecular flexibility index (Phi) is 4.62. The molecule has 0 saturated carbocycles. The van der Waals surface area contributed by atoms with E-state index in [9.17, 15) is 19.8 Å². The van der Waals surface area contributed by atoms with Crippen molar-refractivity contribution in [3.8, 4) is 0 Å². The lowest BCUT2D eigenvalue weighted by molar-refractivity contribution is -0.156. The number of nitrogens with one attached hydrogen (secondary N) is 1. The van der Waals surface area contributed by atoms with E-state index >= 15 is 0 Å². The van der Waals surface area contributed by atoms with Crippen molar-refractivity contribution in [2.45, 2.75) is 31.4 Å². The quantitative estimate of drug-likeness (QED) is 0.616. The molecular weight excluding hydrogens is 264 g/mol. The maximum Gasteiger partial charge on any atom is 0.326 e. The fraction of sp³-hybridized carbons (Fsp3) is 0.846. The Hall–Kier alpha value is -1.18. The average molecular weight is 286 g/mol. The Labute approximate surface area is 117 Å². The molecule has 2 heterocycles. The van der Waals surface area contributed by atoms with E-state index in [0.29, 0.717) is 25.9 Å². The second kappa shape index (κ2) is 6.07. The predicted molar refractivity (Wildman–Crippen MR) is 70.2 cm³/mol. The highest BCUT2D eigenvalue weighted by Gasteiger charge is 2.48. The number of aliphatic carboxylic acids is 1. The number of methoxy groups -OCH3 is 1. The van der Waals surface area contributed by atoms with Gasteiger partial charge in [-0.2, -0.15) is 0 Å².